The maximum absolute atomic E-state index is 13.4. The number of aryl methyl sites for hydroxylation is 1. The number of nitrogens with zero attached hydrogens (tertiary/aromatic N) is 4. The van der Waals surface area contributed by atoms with Gasteiger partial charge in [-0.15, -0.1) is 0 Å². The molecule has 0 radical (unpaired) electrons. The van der Waals surface area contributed by atoms with Crippen molar-refractivity contribution in [1.29, 1.82) is 0 Å². The van der Waals surface area contributed by atoms with E-state index in [1.807, 2.05) is 58.1 Å². The van der Waals surface area contributed by atoms with Gasteiger partial charge in [0.2, 0.25) is 0 Å². The number of ether oxygens (including phenoxy) is 2. The Labute approximate surface area is 234 Å². The summed E-state index contributed by atoms with van der Waals surface area (Å²) in [5, 5.41) is 5.44. The van der Waals surface area contributed by atoms with Crippen LogP contribution in [-0.2, 0) is 13.2 Å². The number of amides is 1. The van der Waals surface area contributed by atoms with E-state index in [4.69, 9.17) is 26.2 Å². The number of carbonyl (C=O) groups is 1. The predicted octanol–water partition coefficient (Wildman–Crippen LogP) is 5.69. The van der Waals surface area contributed by atoms with E-state index in [1.165, 1.54) is 5.56 Å². The van der Waals surface area contributed by atoms with E-state index in [9.17, 15) is 4.79 Å². The van der Waals surface area contributed by atoms with Gasteiger partial charge >= 0.3 is 0 Å². The van der Waals surface area contributed by atoms with Gasteiger partial charge in [-0.1, -0.05) is 29.8 Å². The molecule has 0 atom stereocenters. The van der Waals surface area contributed by atoms with Gasteiger partial charge in [-0.2, -0.15) is 5.10 Å². The van der Waals surface area contributed by atoms with Crippen LogP contribution >= 0.6 is 11.6 Å². The van der Waals surface area contributed by atoms with Crippen molar-refractivity contribution in [2.45, 2.75) is 27.0 Å². The van der Waals surface area contributed by atoms with Crippen molar-refractivity contribution in [1.82, 2.24) is 19.6 Å². The van der Waals surface area contributed by atoms with Crippen LogP contribution in [0.2, 0.25) is 5.02 Å². The normalized spacial score (nSPS) is 13.9. The molecule has 0 bridgehead atoms. The van der Waals surface area contributed by atoms with E-state index in [0.29, 0.717) is 35.2 Å². The van der Waals surface area contributed by atoms with Crippen LogP contribution < -0.4 is 9.47 Å². The number of methoxy groups -OCH3 is 1. The molecule has 1 aliphatic rings. The molecule has 0 spiro atoms. The Hall–Kier alpha value is -3.81. The molecule has 0 saturated carbocycles. The van der Waals surface area contributed by atoms with Crippen LogP contribution in [0.15, 0.2) is 72.8 Å². The molecule has 8 heteroatoms. The molecule has 39 heavy (non-hydrogen) atoms. The highest BCUT2D eigenvalue weighted by Crippen LogP contribution is 2.25. The van der Waals surface area contributed by atoms with Crippen molar-refractivity contribution in [2.24, 2.45) is 0 Å². The smallest absolute Gasteiger partial charge is 0.253 e. The third-order valence-corrected chi connectivity index (χ3v) is 7.47. The van der Waals surface area contributed by atoms with Crippen LogP contribution in [0.4, 0.5) is 0 Å². The van der Waals surface area contributed by atoms with Crippen molar-refractivity contribution >= 4 is 17.5 Å². The first-order valence-corrected chi connectivity index (χ1v) is 13.5. The Morgan fingerprint density at radius 2 is 1.67 bits per heavy atom. The van der Waals surface area contributed by atoms with Crippen LogP contribution in [0.25, 0.3) is 5.69 Å². The molecule has 0 N–H and O–H groups in total. The average molecular weight is 545 g/mol. The van der Waals surface area contributed by atoms with E-state index in [0.717, 1.165) is 42.3 Å². The first kappa shape index (κ1) is 26.8. The Balaban J connectivity index is 1.21. The van der Waals surface area contributed by atoms with Crippen molar-refractivity contribution in [3.63, 3.8) is 0 Å². The Morgan fingerprint density at radius 3 is 2.36 bits per heavy atom. The zero-order valence-electron chi connectivity index (χ0n) is 22.6. The lowest BCUT2D eigenvalue weighted by atomic mass is 10.1. The van der Waals surface area contributed by atoms with Gasteiger partial charge in [-0.25, -0.2) is 4.68 Å². The van der Waals surface area contributed by atoms with Crippen LogP contribution in [0.3, 0.4) is 0 Å². The number of carbonyl (C=O) groups excluding carboxylic acids is 1. The number of piperazine rings is 1. The lowest BCUT2D eigenvalue weighted by Gasteiger charge is -2.35. The molecule has 5 rings (SSSR count). The van der Waals surface area contributed by atoms with Gasteiger partial charge in [-0.05, 0) is 68.4 Å². The lowest BCUT2D eigenvalue weighted by molar-refractivity contribution is 0.0627. The highest BCUT2D eigenvalue weighted by Gasteiger charge is 2.24. The van der Waals surface area contributed by atoms with E-state index in [-0.39, 0.29) is 12.5 Å². The summed E-state index contributed by atoms with van der Waals surface area (Å²) in [6, 6.07) is 22.9. The van der Waals surface area contributed by atoms with E-state index < -0.39 is 0 Å². The molecule has 1 fully saturated rings. The third-order valence-electron chi connectivity index (χ3n) is 7.22. The fraction of sp³-hybridized carbons (Fsp3) is 0.290. The van der Waals surface area contributed by atoms with Crippen molar-refractivity contribution in [3.05, 3.63) is 106 Å². The topological polar surface area (TPSA) is 59.8 Å². The van der Waals surface area contributed by atoms with Crippen LogP contribution in [0, 0.1) is 13.8 Å². The summed E-state index contributed by atoms with van der Waals surface area (Å²) in [5.74, 6) is 1.41. The Bertz CT molecular complexity index is 1430. The molecule has 1 aromatic heterocycles. The maximum atomic E-state index is 13.4. The minimum atomic E-state index is 0.0225. The number of rotatable bonds is 8. The number of para-hydroxylation sites is 1. The summed E-state index contributed by atoms with van der Waals surface area (Å²) < 4.78 is 13.4. The fourth-order valence-corrected chi connectivity index (χ4v) is 5.08. The molecule has 0 aliphatic carbocycles. The van der Waals surface area contributed by atoms with E-state index in [1.54, 1.807) is 19.2 Å². The van der Waals surface area contributed by atoms with Crippen molar-refractivity contribution in [3.8, 4) is 17.2 Å². The highest BCUT2D eigenvalue weighted by molar-refractivity contribution is 6.30. The Morgan fingerprint density at radius 1 is 0.949 bits per heavy atom. The van der Waals surface area contributed by atoms with Crippen LogP contribution in [-0.4, -0.2) is 58.8 Å². The maximum Gasteiger partial charge on any atom is 0.253 e. The van der Waals surface area contributed by atoms with Crippen LogP contribution in [0.5, 0.6) is 11.5 Å². The lowest BCUT2D eigenvalue weighted by Crippen LogP contribution is -2.48. The van der Waals surface area contributed by atoms with Gasteiger partial charge in [-0.3, -0.25) is 9.69 Å². The molecule has 1 saturated heterocycles. The largest absolute Gasteiger partial charge is 0.496 e. The average Bonchev–Trinajstić information content (AvgIpc) is 3.25. The molecule has 1 aliphatic heterocycles. The second kappa shape index (κ2) is 11.9. The summed E-state index contributed by atoms with van der Waals surface area (Å²) in [6.07, 6.45) is 0. The summed E-state index contributed by atoms with van der Waals surface area (Å²) in [6.45, 7) is 8.27. The summed E-state index contributed by atoms with van der Waals surface area (Å²) in [4.78, 5) is 17.7. The van der Waals surface area contributed by atoms with Gasteiger partial charge in [0.15, 0.2) is 0 Å². The molecule has 1 amide bonds. The first-order valence-electron chi connectivity index (χ1n) is 13.1. The number of hydrogen-bond donors (Lipinski definition) is 0. The SMILES string of the molecule is COc1ccc(C(=O)N2CCN(Cc3c(C)nn(-c4ccccc4)c3C)CC2)cc1COc1ccc(Cl)cc1. The zero-order valence-corrected chi connectivity index (χ0v) is 23.3. The molecule has 202 valence electrons. The molecule has 3 aromatic carbocycles. The Kier molecular flexibility index (Phi) is 8.19. The fourth-order valence-electron chi connectivity index (χ4n) is 4.96. The van der Waals surface area contributed by atoms with Crippen LogP contribution in [0.1, 0.15) is 32.9 Å². The standard InChI is InChI=1S/C31H33ClN4O3/c1-22-29(23(2)36(33-22)27-7-5-4-6-8-27)20-34-15-17-35(18-16-34)31(37)24-9-14-30(38-3)25(19-24)21-39-28-12-10-26(32)11-13-28/h4-14,19H,15-18,20-21H2,1-3H3. The highest BCUT2D eigenvalue weighted by atomic mass is 35.5. The first-order chi connectivity index (χ1) is 18.9. The molecule has 2 heterocycles. The molecule has 7 nitrogen and oxygen atoms in total. The van der Waals surface area contributed by atoms with E-state index >= 15 is 0 Å². The van der Waals surface area contributed by atoms with Crippen molar-refractivity contribution < 1.29 is 14.3 Å². The number of halogens is 1. The monoisotopic (exact) mass is 544 g/mol. The number of hydrogen-bond acceptors (Lipinski definition) is 5. The quantitative estimate of drug-likeness (QED) is 0.285. The second-order valence-corrected chi connectivity index (χ2v) is 10.2. The predicted molar refractivity (Wildman–Crippen MR) is 153 cm³/mol. The molecular weight excluding hydrogens is 512 g/mol. The summed E-state index contributed by atoms with van der Waals surface area (Å²) >= 11 is 5.97. The summed E-state index contributed by atoms with van der Waals surface area (Å²) in [5.41, 5.74) is 5.97. The number of aromatic nitrogens is 2. The zero-order chi connectivity index (χ0) is 27.4. The molecule has 0 unspecified atom stereocenters. The van der Waals surface area contributed by atoms with Crippen molar-refractivity contribution in [2.75, 3.05) is 33.3 Å². The van der Waals surface area contributed by atoms with Gasteiger partial charge in [0.1, 0.15) is 18.1 Å². The van der Waals surface area contributed by atoms with Gasteiger partial charge in [0.25, 0.3) is 5.91 Å². The van der Waals surface area contributed by atoms with Gasteiger partial charge < -0.3 is 14.4 Å². The molecule has 4 aromatic rings. The second-order valence-electron chi connectivity index (χ2n) is 9.73. The van der Waals surface area contributed by atoms with Gasteiger partial charge in [0.05, 0.1) is 18.5 Å². The minimum absolute atomic E-state index is 0.0225. The summed E-state index contributed by atoms with van der Waals surface area (Å²) in [7, 11) is 1.62. The van der Waals surface area contributed by atoms with E-state index in [2.05, 4.69) is 30.9 Å². The molecular formula is C31H33ClN4O3. The minimum Gasteiger partial charge on any atom is -0.496 e. The number of benzene rings is 3. The third kappa shape index (κ3) is 6.10. The van der Waals surface area contributed by atoms with Gasteiger partial charge in [0, 0.05) is 60.1 Å².